The van der Waals surface area contributed by atoms with Gasteiger partial charge in [0.05, 0.1) is 6.61 Å². The first-order valence-electron chi connectivity index (χ1n) is 3.94. The van der Waals surface area contributed by atoms with Gasteiger partial charge in [0.25, 0.3) is 0 Å². The summed E-state index contributed by atoms with van der Waals surface area (Å²) in [6.45, 7) is 8.54. The van der Waals surface area contributed by atoms with Gasteiger partial charge in [-0.05, 0) is 13.3 Å². The van der Waals surface area contributed by atoms with Gasteiger partial charge in [0.2, 0.25) is 0 Å². The van der Waals surface area contributed by atoms with Crippen LogP contribution in [0.25, 0.3) is 0 Å². The summed E-state index contributed by atoms with van der Waals surface area (Å²) in [6.07, 6.45) is 1.13. The first kappa shape index (κ1) is 8.41. The molecule has 0 aromatic rings. The number of rotatable bonds is 4. The Balaban J connectivity index is 2.03. The van der Waals surface area contributed by atoms with Gasteiger partial charge in [0, 0.05) is 16.6 Å². The second-order valence-corrected chi connectivity index (χ2v) is 5.00. The topological polar surface area (TPSA) is 9.23 Å². The monoisotopic (exact) mass is 160 g/mol. The fraction of sp³-hybridized carbons (Fsp3) is 1.00. The molecule has 0 radical (unpaired) electrons. The Morgan fingerprint density at radius 3 is 2.60 bits per heavy atom. The van der Waals surface area contributed by atoms with Crippen molar-refractivity contribution in [2.45, 2.75) is 37.2 Å². The third-order valence-corrected chi connectivity index (χ3v) is 3.62. The predicted molar refractivity (Wildman–Crippen MR) is 46.6 cm³/mol. The molecular weight excluding hydrogens is 144 g/mol. The molecule has 2 atom stereocenters. The molecule has 1 fully saturated rings. The van der Waals surface area contributed by atoms with Gasteiger partial charge in [-0.15, -0.1) is 11.8 Å². The van der Waals surface area contributed by atoms with E-state index in [1.807, 2.05) is 11.8 Å². The molecule has 0 spiro atoms. The van der Waals surface area contributed by atoms with Crippen molar-refractivity contribution in [1.29, 1.82) is 0 Å². The van der Waals surface area contributed by atoms with Gasteiger partial charge in [0.15, 0.2) is 0 Å². The quantitative estimate of drug-likeness (QED) is 0.461. The van der Waals surface area contributed by atoms with Crippen molar-refractivity contribution in [3.05, 3.63) is 0 Å². The Bertz CT molecular complexity index is 116. The highest BCUT2D eigenvalue weighted by Crippen LogP contribution is 2.52. The summed E-state index contributed by atoms with van der Waals surface area (Å²) in [6, 6.07) is 0. The van der Waals surface area contributed by atoms with Crippen molar-refractivity contribution in [3.8, 4) is 0 Å². The van der Waals surface area contributed by atoms with E-state index in [0.29, 0.717) is 4.75 Å². The minimum absolute atomic E-state index is 0.454. The maximum Gasteiger partial charge on any atom is 0.0621 e. The van der Waals surface area contributed by atoms with Gasteiger partial charge in [-0.3, -0.25) is 0 Å². The molecule has 0 N–H and O–H groups in total. The molecule has 1 heterocycles. The van der Waals surface area contributed by atoms with Crippen LogP contribution in [0.1, 0.15) is 27.2 Å². The molecule has 1 aliphatic heterocycles. The summed E-state index contributed by atoms with van der Waals surface area (Å²) >= 11 is 2.02. The van der Waals surface area contributed by atoms with E-state index in [9.17, 15) is 0 Å². The molecular formula is C8H16OS. The lowest BCUT2D eigenvalue weighted by atomic mass is 10.1. The average molecular weight is 160 g/mol. The molecule has 0 aromatic heterocycles. The molecule has 2 heteroatoms. The van der Waals surface area contributed by atoms with Crippen molar-refractivity contribution in [2.24, 2.45) is 0 Å². The molecule has 1 rings (SSSR count). The van der Waals surface area contributed by atoms with E-state index in [0.717, 1.165) is 24.9 Å². The highest BCUT2D eigenvalue weighted by Gasteiger charge is 2.47. The Labute approximate surface area is 67.5 Å². The van der Waals surface area contributed by atoms with Crippen LogP contribution in [0, 0.1) is 0 Å². The summed E-state index contributed by atoms with van der Waals surface area (Å²) in [7, 11) is 0. The average Bonchev–Trinajstić information content (AvgIpc) is 2.42. The van der Waals surface area contributed by atoms with Crippen LogP contribution in [0.2, 0.25) is 0 Å². The first-order valence-corrected chi connectivity index (χ1v) is 4.82. The van der Waals surface area contributed by atoms with E-state index in [2.05, 4.69) is 20.8 Å². The van der Waals surface area contributed by atoms with Crippen LogP contribution in [0.15, 0.2) is 0 Å². The second-order valence-electron chi connectivity index (χ2n) is 3.13. The first-order chi connectivity index (χ1) is 4.69. The van der Waals surface area contributed by atoms with Crippen LogP contribution in [-0.4, -0.2) is 23.2 Å². The van der Waals surface area contributed by atoms with Crippen LogP contribution >= 0.6 is 11.8 Å². The number of hydrogen-bond donors (Lipinski definition) is 0. The molecule has 0 amide bonds. The van der Waals surface area contributed by atoms with Crippen molar-refractivity contribution in [1.82, 2.24) is 0 Å². The molecule has 10 heavy (non-hydrogen) atoms. The SMILES string of the molecule is CCCOCC1(C)SC1C. The van der Waals surface area contributed by atoms with Crippen LogP contribution in [0.5, 0.6) is 0 Å². The maximum absolute atomic E-state index is 5.46. The zero-order chi connectivity index (χ0) is 7.61. The van der Waals surface area contributed by atoms with Gasteiger partial charge in [-0.2, -0.15) is 0 Å². The predicted octanol–water partition coefficient (Wildman–Crippen LogP) is 2.31. The molecule has 1 saturated heterocycles. The molecule has 60 valence electrons. The minimum atomic E-state index is 0.454. The second kappa shape index (κ2) is 3.14. The molecule has 1 nitrogen and oxygen atoms in total. The summed E-state index contributed by atoms with van der Waals surface area (Å²) in [4.78, 5) is 0. The molecule has 0 saturated carbocycles. The smallest absolute Gasteiger partial charge is 0.0621 e. The lowest BCUT2D eigenvalue weighted by Gasteiger charge is -2.07. The summed E-state index contributed by atoms with van der Waals surface area (Å²) < 4.78 is 5.91. The summed E-state index contributed by atoms with van der Waals surface area (Å²) in [5, 5.41) is 0.810. The van der Waals surface area contributed by atoms with Crippen molar-refractivity contribution in [3.63, 3.8) is 0 Å². The van der Waals surface area contributed by atoms with Gasteiger partial charge in [-0.25, -0.2) is 0 Å². The third-order valence-electron chi connectivity index (χ3n) is 1.99. The van der Waals surface area contributed by atoms with Gasteiger partial charge in [0.1, 0.15) is 0 Å². The molecule has 2 unspecified atom stereocenters. The van der Waals surface area contributed by atoms with Gasteiger partial charge >= 0.3 is 0 Å². The van der Waals surface area contributed by atoms with E-state index in [1.54, 1.807) is 0 Å². The molecule has 0 aliphatic carbocycles. The minimum Gasteiger partial charge on any atom is -0.380 e. The third kappa shape index (κ3) is 1.89. The zero-order valence-electron chi connectivity index (χ0n) is 7.02. The van der Waals surface area contributed by atoms with Crippen molar-refractivity contribution < 1.29 is 4.74 Å². The van der Waals surface area contributed by atoms with Crippen LogP contribution < -0.4 is 0 Å². The van der Waals surface area contributed by atoms with E-state index in [-0.39, 0.29) is 0 Å². The zero-order valence-corrected chi connectivity index (χ0v) is 7.83. The van der Waals surface area contributed by atoms with E-state index >= 15 is 0 Å². The normalized spacial score (nSPS) is 38.1. The molecule has 1 aliphatic rings. The van der Waals surface area contributed by atoms with E-state index in [4.69, 9.17) is 4.74 Å². The highest BCUT2D eigenvalue weighted by atomic mass is 32.2. The van der Waals surface area contributed by atoms with Gasteiger partial charge < -0.3 is 4.74 Å². The number of thioether (sulfide) groups is 1. The van der Waals surface area contributed by atoms with E-state index in [1.165, 1.54) is 0 Å². The summed E-state index contributed by atoms with van der Waals surface area (Å²) in [5.74, 6) is 0. The van der Waals surface area contributed by atoms with Crippen molar-refractivity contribution in [2.75, 3.05) is 13.2 Å². The lowest BCUT2D eigenvalue weighted by Crippen LogP contribution is -2.16. The summed E-state index contributed by atoms with van der Waals surface area (Å²) in [5.41, 5.74) is 0. The lowest BCUT2D eigenvalue weighted by molar-refractivity contribution is 0.123. The molecule has 0 bridgehead atoms. The van der Waals surface area contributed by atoms with E-state index < -0.39 is 0 Å². The fourth-order valence-corrected chi connectivity index (χ4v) is 1.90. The highest BCUT2D eigenvalue weighted by molar-refractivity contribution is 8.08. The fourth-order valence-electron chi connectivity index (χ4n) is 0.940. The Morgan fingerprint density at radius 2 is 2.20 bits per heavy atom. The van der Waals surface area contributed by atoms with Crippen LogP contribution in [0.4, 0.5) is 0 Å². The Hall–Kier alpha value is 0.310. The van der Waals surface area contributed by atoms with Crippen LogP contribution in [0.3, 0.4) is 0 Å². The largest absolute Gasteiger partial charge is 0.380 e. The van der Waals surface area contributed by atoms with Crippen LogP contribution in [-0.2, 0) is 4.74 Å². The Kier molecular flexibility index (Phi) is 2.64. The standard InChI is InChI=1S/C8H16OS/c1-4-5-9-6-8(3)7(2)10-8/h7H,4-6H2,1-3H3. The van der Waals surface area contributed by atoms with Gasteiger partial charge in [-0.1, -0.05) is 13.8 Å². The maximum atomic E-state index is 5.46. The number of ether oxygens (including phenoxy) is 1. The Morgan fingerprint density at radius 1 is 1.60 bits per heavy atom. The number of hydrogen-bond acceptors (Lipinski definition) is 2. The molecule has 0 aromatic carbocycles. The van der Waals surface area contributed by atoms with Crippen molar-refractivity contribution >= 4 is 11.8 Å².